The first-order valence-corrected chi connectivity index (χ1v) is 6.71. The zero-order valence-electron chi connectivity index (χ0n) is 12.0. The number of carbonyl (C=O) groups is 2. The summed E-state index contributed by atoms with van der Waals surface area (Å²) in [5.41, 5.74) is 0.830. The molecule has 5 nitrogen and oxygen atoms in total. The Kier molecular flexibility index (Phi) is 5.51. The van der Waals surface area contributed by atoms with E-state index >= 15 is 0 Å². The van der Waals surface area contributed by atoms with E-state index in [1.54, 1.807) is 0 Å². The second kappa shape index (κ2) is 6.70. The zero-order valence-corrected chi connectivity index (χ0v) is 12.0. The maximum absolute atomic E-state index is 11.2. The highest BCUT2D eigenvalue weighted by Crippen LogP contribution is 2.27. The zero-order chi connectivity index (χ0) is 15.4. The minimum absolute atomic E-state index is 0.0153. The third-order valence-corrected chi connectivity index (χ3v) is 3.66. The van der Waals surface area contributed by atoms with Crippen molar-refractivity contribution >= 4 is 11.9 Å². The molecule has 0 spiro atoms. The second-order valence-electron chi connectivity index (χ2n) is 5.58. The molecule has 20 heavy (non-hydrogen) atoms. The molecule has 5 heteroatoms. The number of carbonyl (C=O) groups excluding carboxylic acids is 1. The summed E-state index contributed by atoms with van der Waals surface area (Å²) in [7, 11) is 0. The Morgan fingerprint density at radius 1 is 1.50 bits per heavy atom. The summed E-state index contributed by atoms with van der Waals surface area (Å²) in [6, 6.07) is 0. The predicted octanol–water partition coefficient (Wildman–Crippen LogP) is 1.91. The van der Waals surface area contributed by atoms with Gasteiger partial charge in [-0.25, -0.2) is 4.79 Å². The van der Waals surface area contributed by atoms with E-state index in [2.05, 4.69) is 13.2 Å². The number of hydrogen-bond acceptors (Lipinski definition) is 4. The Morgan fingerprint density at radius 2 is 2.10 bits per heavy atom. The Labute approximate surface area is 118 Å². The van der Waals surface area contributed by atoms with Gasteiger partial charge in [-0.05, 0) is 24.3 Å². The molecule has 0 saturated carbocycles. The molecule has 3 atom stereocenters. The molecule has 1 rings (SSSR count). The number of esters is 1. The first kappa shape index (κ1) is 16.4. The fraction of sp³-hybridized carbons (Fsp3) is 0.600. The molecule has 0 bridgehead atoms. The summed E-state index contributed by atoms with van der Waals surface area (Å²) in [5.74, 6) is -1.79. The van der Waals surface area contributed by atoms with Crippen LogP contribution >= 0.6 is 0 Å². The van der Waals surface area contributed by atoms with Gasteiger partial charge in [0.25, 0.3) is 0 Å². The molecule has 0 amide bonds. The average molecular weight is 282 g/mol. The van der Waals surface area contributed by atoms with Gasteiger partial charge in [0.1, 0.15) is 12.2 Å². The SMILES string of the molecule is C=C1CC(C(O)C(=C)CCC(C(=O)O)C(C)C)OC1=O. The van der Waals surface area contributed by atoms with Crippen molar-refractivity contribution in [3.05, 3.63) is 24.3 Å². The van der Waals surface area contributed by atoms with E-state index in [4.69, 9.17) is 9.84 Å². The Balaban J connectivity index is 2.52. The summed E-state index contributed by atoms with van der Waals surface area (Å²) in [5, 5.41) is 19.2. The Hall–Kier alpha value is -1.62. The maximum atomic E-state index is 11.2. The summed E-state index contributed by atoms with van der Waals surface area (Å²) in [4.78, 5) is 22.3. The van der Waals surface area contributed by atoms with Crippen molar-refractivity contribution in [3.63, 3.8) is 0 Å². The number of rotatable bonds is 7. The van der Waals surface area contributed by atoms with Crippen LogP contribution in [0.3, 0.4) is 0 Å². The third-order valence-electron chi connectivity index (χ3n) is 3.66. The van der Waals surface area contributed by atoms with Crippen molar-refractivity contribution in [2.75, 3.05) is 0 Å². The van der Waals surface area contributed by atoms with Crippen LogP contribution in [0.4, 0.5) is 0 Å². The fourth-order valence-corrected chi connectivity index (χ4v) is 2.26. The van der Waals surface area contributed by atoms with Gasteiger partial charge in [-0.3, -0.25) is 4.79 Å². The van der Waals surface area contributed by atoms with Crippen LogP contribution in [0, 0.1) is 11.8 Å². The first-order chi connectivity index (χ1) is 9.23. The lowest BCUT2D eigenvalue weighted by atomic mass is 9.88. The maximum Gasteiger partial charge on any atom is 0.333 e. The van der Waals surface area contributed by atoms with Gasteiger partial charge >= 0.3 is 11.9 Å². The minimum atomic E-state index is -0.972. The number of aliphatic carboxylic acids is 1. The molecular weight excluding hydrogens is 260 g/mol. The lowest BCUT2D eigenvalue weighted by molar-refractivity contribution is -0.143. The summed E-state index contributed by atoms with van der Waals surface area (Å²) in [6.07, 6.45) is -0.544. The van der Waals surface area contributed by atoms with Gasteiger partial charge in [-0.15, -0.1) is 0 Å². The van der Waals surface area contributed by atoms with Crippen molar-refractivity contribution < 1.29 is 24.5 Å². The van der Waals surface area contributed by atoms with Crippen molar-refractivity contribution in [3.8, 4) is 0 Å². The summed E-state index contributed by atoms with van der Waals surface area (Å²) in [6.45, 7) is 11.0. The van der Waals surface area contributed by atoms with Crippen LogP contribution in [0.1, 0.15) is 33.1 Å². The van der Waals surface area contributed by atoms with Crippen LogP contribution in [0.15, 0.2) is 24.3 Å². The number of carboxylic acids is 1. The first-order valence-electron chi connectivity index (χ1n) is 6.71. The molecule has 3 unspecified atom stereocenters. The summed E-state index contributed by atoms with van der Waals surface area (Å²) < 4.78 is 4.99. The van der Waals surface area contributed by atoms with E-state index in [9.17, 15) is 14.7 Å². The van der Waals surface area contributed by atoms with E-state index in [0.717, 1.165) is 0 Å². The number of cyclic esters (lactones) is 1. The van der Waals surface area contributed by atoms with Gasteiger partial charge in [0.05, 0.1) is 5.92 Å². The lowest BCUT2D eigenvalue weighted by Crippen LogP contribution is -2.28. The molecule has 112 valence electrons. The van der Waals surface area contributed by atoms with Crippen LogP contribution in [0.2, 0.25) is 0 Å². The molecule has 1 heterocycles. The number of aliphatic hydroxyl groups excluding tert-OH is 1. The smallest absolute Gasteiger partial charge is 0.333 e. The molecule has 0 aromatic rings. The van der Waals surface area contributed by atoms with Gasteiger partial charge in [-0.2, -0.15) is 0 Å². The normalized spacial score (nSPS) is 21.7. The van der Waals surface area contributed by atoms with Crippen molar-refractivity contribution in [2.45, 2.75) is 45.3 Å². The molecule has 1 aliphatic rings. The molecule has 1 fully saturated rings. The van der Waals surface area contributed by atoms with Crippen molar-refractivity contribution in [1.82, 2.24) is 0 Å². The molecule has 0 aromatic heterocycles. The molecule has 0 aromatic carbocycles. The molecule has 1 saturated heterocycles. The number of hydrogen-bond donors (Lipinski definition) is 2. The van der Waals surface area contributed by atoms with E-state index in [0.29, 0.717) is 24.0 Å². The Morgan fingerprint density at radius 3 is 2.50 bits per heavy atom. The highest BCUT2D eigenvalue weighted by molar-refractivity contribution is 5.90. The van der Waals surface area contributed by atoms with Gasteiger partial charge in [-0.1, -0.05) is 27.0 Å². The topological polar surface area (TPSA) is 83.8 Å². The van der Waals surface area contributed by atoms with Crippen molar-refractivity contribution in [1.29, 1.82) is 0 Å². The molecule has 1 aliphatic heterocycles. The highest BCUT2D eigenvalue weighted by Gasteiger charge is 2.34. The molecule has 0 radical (unpaired) electrons. The van der Waals surface area contributed by atoms with Crippen LogP contribution in [0.5, 0.6) is 0 Å². The van der Waals surface area contributed by atoms with E-state index in [1.165, 1.54) is 0 Å². The quantitative estimate of drug-likeness (QED) is 0.423. The van der Waals surface area contributed by atoms with Gasteiger partial charge < -0.3 is 14.9 Å². The van der Waals surface area contributed by atoms with E-state index < -0.39 is 30.1 Å². The largest absolute Gasteiger partial charge is 0.481 e. The number of carboxylic acid groups (broad SMARTS) is 1. The van der Waals surface area contributed by atoms with Gasteiger partial charge in [0, 0.05) is 12.0 Å². The average Bonchev–Trinajstić information content (AvgIpc) is 2.67. The van der Waals surface area contributed by atoms with Crippen LogP contribution in [-0.2, 0) is 14.3 Å². The molecular formula is C15H22O5. The third kappa shape index (κ3) is 3.93. The number of ether oxygens (including phenoxy) is 1. The van der Waals surface area contributed by atoms with Crippen LogP contribution < -0.4 is 0 Å². The lowest BCUT2D eigenvalue weighted by Gasteiger charge is -2.21. The van der Waals surface area contributed by atoms with Gasteiger partial charge in [0.2, 0.25) is 0 Å². The van der Waals surface area contributed by atoms with E-state index in [1.807, 2.05) is 13.8 Å². The van der Waals surface area contributed by atoms with Gasteiger partial charge in [0.15, 0.2) is 0 Å². The minimum Gasteiger partial charge on any atom is -0.481 e. The number of aliphatic hydroxyl groups is 1. The van der Waals surface area contributed by atoms with Crippen LogP contribution in [-0.4, -0.2) is 34.4 Å². The van der Waals surface area contributed by atoms with E-state index in [-0.39, 0.29) is 12.3 Å². The second-order valence-corrected chi connectivity index (χ2v) is 5.58. The monoisotopic (exact) mass is 282 g/mol. The molecule has 2 N–H and O–H groups in total. The van der Waals surface area contributed by atoms with Crippen molar-refractivity contribution in [2.24, 2.45) is 11.8 Å². The summed E-state index contributed by atoms with van der Waals surface area (Å²) >= 11 is 0. The Bertz CT molecular complexity index is 408. The fourth-order valence-electron chi connectivity index (χ4n) is 2.26. The standard InChI is InChI=1S/C15H22O5/c1-8(2)11(14(17)18)6-5-9(3)13(16)12-7-10(4)15(19)20-12/h8,11-13,16H,3-7H2,1-2H3,(H,17,18). The highest BCUT2D eigenvalue weighted by atomic mass is 16.6. The predicted molar refractivity (Wildman–Crippen MR) is 74.0 cm³/mol. The molecule has 0 aliphatic carbocycles. The van der Waals surface area contributed by atoms with Crippen LogP contribution in [0.25, 0.3) is 0 Å².